The van der Waals surface area contributed by atoms with E-state index in [9.17, 15) is 14.4 Å². The lowest BCUT2D eigenvalue weighted by Crippen LogP contribution is -2.54. The van der Waals surface area contributed by atoms with Gasteiger partial charge in [0.2, 0.25) is 11.8 Å². The van der Waals surface area contributed by atoms with Gasteiger partial charge in [0.15, 0.2) is 0 Å². The molecule has 1 aromatic carbocycles. The first-order valence-corrected chi connectivity index (χ1v) is 11.2. The van der Waals surface area contributed by atoms with E-state index in [0.29, 0.717) is 6.54 Å². The van der Waals surface area contributed by atoms with Gasteiger partial charge in [0.05, 0.1) is 0 Å². The maximum absolute atomic E-state index is 13.3. The minimum atomic E-state index is -0.727. The van der Waals surface area contributed by atoms with E-state index in [0.717, 1.165) is 43.2 Å². The highest BCUT2D eigenvalue weighted by Gasteiger charge is 2.38. The monoisotopic (exact) mass is 431 g/mol. The van der Waals surface area contributed by atoms with Crippen molar-refractivity contribution in [3.8, 4) is 0 Å². The molecule has 0 spiro atoms. The third-order valence-electron chi connectivity index (χ3n) is 5.25. The maximum atomic E-state index is 13.3. The third kappa shape index (κ3) is 7.56. The Morgan fingerprint density at radius 2 is 1.90 bits per heavy atom. The van der Waals surface area contributed by atoms with Gasteiger partial charge in [-0.1, -0.05) is 43.2 Å². The highest BCUT2D eigenvalue weighted by atomic mass is 16.6. The van der Waals surface area contributed by atoms with Gasteiger partial charge in [0.25, 0.3) is 0 Å². The zero-order valence-corrected chi connectivity index (χ0v) is 19.5. The fourth-order valence-electron chi connectivity index (χ4n) is 3.54. The molecule has 1 aliphatic carbocycles. The number of aryl methyl sites for hydroxylation is 1. The number of hydrogen-bond donors (Lipinski definition) is 2. The molecule has 2 rings (SSSR count). The summed E-state index contributed by atoms with van der Waals surface area (Å²) in [7, 11) is 0. The summed E-state index contributed by atoms with van der Waals surface area (Å²) < 4.78 is 5.24. The number of hydrogen-bond acceptors (Lipinski definition) is 4. The molecule has 0 bridgehead atoms. The van der Waals surface area contributed by atoms with Crippen LogP contribution in [0, 0.1) is 6.92 Å². The molecular formula is C24H37N3O4. The summed E-state index contributed by atoms with van der Waals surface area (Å²) in [5, 5.41) is 5.54. The van der Waals surface area contributed by atoms with Gasteiger partial charge in [-0.15, -0.1) is 0 Å². The number of rotatable bonds is 9. The lowest BCUT2D eigenvalue weighted by Gasteiger charge is -2.42. The van der Waals surface area contributed by atoms with E-state index < -0.39 is 17.7 Å². The van der Waals surface area contributed by atoms with Crippen LogP contribution < -0.4 is 10.6 Å². The van der Waals surface area contributed by atoms with E-state index in [4.69, 9.17) is 4.74 Å². The molecular weight excluding hydrogens is 394 g/mol. The van der Waals surface area contributed by atoms with Gasteiger partial charge in [-0.25, -0.2) is 4.79 Å². The standard InChI is InChI=1S/C24H37N3O4/c1-6-7-14-25-22(29)21(18-11-8-10-17(2)15-18)27(19-12-9-13-19)20(28)16-26-23(30)31-24(3,4)5/h8,10-11,15,19,21H,6-7,9,12-14,16H2,1-5H3,(H,25,29)(H,26,30). The Morgan fingerprint density at radius 1 is 1.19 bits per heavy atom. The Kier molecular flexibility index (Phi) is 8.89. The quantitative estimate of drug-likeness (QED) is 0.581. The topological polar surface area (TPSA) is 87.7 Å². The van der Waals surface area contributed by atoms with E-state index in [1.54, 1.807) is 25.7 Å². The van der Waals surface area contributed by atoms with Gasteiger partial charge >= 0.3 is 6.09 Å². The summed E-state index contributed by atoms with van der Waals surface area (Å²) in [6.45, 7) is 9.69. The van der Waals surface area contributed by atoms with Crippen LogP contribution in [0.3, 0.4) is 0 Å². The fraction of sp³-hybridized carbons (Fsp3) is 0.625. The first kappa shape index (κ1) is 24.7. The molecule has 0 heterocycles. The number of alkyl carbamates (subject to hydrolysis) is 1. The number of unbranched alkanes of at least 4 members (excludes halogenated alkanes) is 1. The number of benzene rings is 1. The molecule has 2 N–H and O–H groups in total. The van der Waals surface area contributed by atoms with Crippen molar-refractivity contribution in [3.05, 3.63) is 35.4 Å². The molecule has 1 unspecified atom stereocenters. The summed E-state index contributed by atoms with van der Waals surface area (Å²) in [6, 6.07) is 6.96. The Morgan fingerprint density at radius 3 is 2.45 bits per heavy atom. The smallest absolute Gasteiger partial charge is 0.408 e. The molecule has 1 fully saturated rings. The van der Waals surface area contributed by atoms with Crippen LogP contribution in [0.15, 0.2) is 24.3 Å². The van der Waals surface area contributed by atoms with Crippen LogP contribution in [0.25, 0.3) is 0 Å². The lowest BCUT2D eigenvalue weighted by molar-refractivity contribution is -0.145. The molecule has 0 radical (unpaired) electrons. The van der Waals surface area contributed by atoms with Gasteiger partial charge in [-0.05, 0) is 58.9 Å². The number of nitrogens with zero attached hydrogens (tertiary/aromatic N) is 1. The van der Waals surface area contributed by atoms with E-state index in [1.807, 2.05) is 31.2 Å². The number of nitrogens with one attached hydrogen (secondary N) is 2. The minimum absolute atomic E-state index is 0.0182. The normalized spacial score (nSPS) is 14.9. The predicted octanol–water partition coefficient (Wildman–Crippen LogP) is 3.86. The highest BCUT2D eigenvalue weighted by molar-refractivity contribution is 5.90. The number of amides is 3. The van der Waals surface area contributed by atoms with Crippen LogP contribution in [0.2, 0.25) is 0 Å². The van der Waals surface area contributed by atoms with E-state index in [1.165, 1.54) is 0 Å². The summed E-state index contributed by atoms with van der Waals surface area (Å²) in [5.74, 6) is -0.468. The number of carbonyl (C=O) groups excluding carboxylic acids is 3. The predicted molar refractivity (Wildman–Crippen MR) is 121 cm³/mol. The van der Waals surface area contributed by atoms with Crippen molar-refractivity contribution in [1.29, 1.82) is 0 Å². The second-order valence-corrected chi connectivity index (χ2v) is 9.20. The van der Waals surface area contributed by atoms with E-state index >= 15 is 0 Å². The Labute approximate surface area is 185 Å². The van der Waals surface area contributed by atoms with Crippen molar-refractivity contribution >= 4 is 17.9 Å². The summed E-state index contributed by atoms with van der Waals surface area (Å²) in [4.78, 5) is 40.2. The van der Waals surface area contributed by atoms with Crippen molar-refractivity contribution in [2.75, 3.05) is 13.1 Å². The molecule has 1 saturated carbocycles. The number of ether oxygens (including phenoxy) is 1. The first-order valence-electron chi connectivity index (χ1n) is 11.2. The van der Waals surface area contributed by atoms with Gasteiger partial charge in [-0.3, -0.25) is 9.59 Å². The van der Waals surface area contributed by atoms with Crippen molar-refractivity contribution in [3.63, 3.8) is 0 Å². The molecule has 1 aromatic rings. The van der Waals surface area contributed by atoms with Crippen LogP contribution in [0.4, 0.5) is 4.79 Å². The molecule has 0 aliphatic heterocycles. The second-order valence-electron chi connectivity index (χ2n) is 9.20. The van der Waals surface area contributed by atoms with Gasteiger partial charge in [0, 0.05) is 12.6 Å². The van der Waals surface area contributed by atoms with Crippen LogP contribution >= 0.6 is 0 Å². The zero-order chi connectivity index (χ0) is 23.0. The minimum Gasteiger partial charge on any atom is -0.444 e. The Hall–Kier alpha value is -2.57. The van der Waals surface area contributed by atoms with Crippen LogP contribution in [-0.2, 0) is 14.3 Å². The summed E-state index contributed by atoms with van der Waals surface area (Å²) in [5.41, 5.74) is 1.16. The number of carbonyl (C=O) groups is 3. The van der Waals surface area contributed by atoms with Crippen molar-refractivity contribution in [1.82, 2.24) is 15.5 Å². The Bertz CT molecular complexity index is 768. The van der Waals surface area contributed by atoms with Crippen molar-refractivity contribution < 1.29 is 19.1 Å². The van der Waals surface area contributed by atoms with Crippen LogP contribution in [0.5, 0.6) is 0 Å². The van der Waals surface area contributed by atoms with Gasteiger partial charge in [-0.2, -0.15) is 0 Å². The molecule has 7 heteroatoms. The SMILES string of the molecule is CCCCNC(=O)C(c1cccc(C)c1)N(C(=O)CNC(=O)OC(C)(C)C)C1CCC1. The maximum Gasteiger partial charge on any atom is 0.408 e. The fourth-order valence-corrected chi connectivity index (χ4v) is 3.54. The molecule has 1 atom stereocenters. The average Bonchev–Trinajstić information content (AvgIpc) is 2.63. The second kappa shape index (κ2) is 11.2. The lowest BCUT2D eigenvalue weighted by atomic mass is 9.88. The van der Waals surface area contributed by atoms with Gasteiger partial charge < -0.3 is 20.3 Å². The molecule has 0 saturated heterocycles. The van der Waals surface area contributed by atoms with Crippen molar-refractivity contribution in [2.24, 2.45) is 0 Å². The van der Waals surface area contributed by atoms with Crippen LogP contribution in [0.1, 0.15) is 77.0 Å². The van der Waals surface area contributed by atoms with Crippen LogP contribution in [-0.4, -0.2) is 47.5 Å². The molecule has 1 aliphatic rings. The average molecular weight is 432 g/mol. The van der Waals surface area contributed by atoms with E-state index in [-0.39, 0.29) is 24.4 Å². The Balaban J connectivity index is 2.25. The molecule has 3 amide bonds. The van der Waals surface area contributed by atoms with Gasteiger partial charge in [0.1, 0.15) is 18.2 Å². The summed E-state index contributed by atoms with van der Waals surface area (Å²) >= 11 is 0. The molecule has 0 aromatic heterocycles. The van der Waals surface area contributed by atoms with E-state index in [2.05, 4.69) is 17.6 Å². The highest BCUT2D eigenvalue weighted by Crippen LogP contribution is 2.33. The van der Waals surface area contributed by atoms with Crippen molar-refractivity contribution in [2.45, 2.75) is 84.4 Å². The molecule has 172 valence electrons. The first-order chi connectivity index (χ1) is 14.6. The molecule has 31 heavy (non-hydrogen) atoms. The largest absolute Gasteiger partial charge is 0.444 e. The third-order valence-corrected chi connectivity index (χ3v) is 5.25. The zero-order valence-electron chi connectivity index (χ0n) is 19.5. The molecule has 7 nitrogen and oxygen atoms in total. The summed E-state index contributed by atoms with van der Waals surface area (Å²) in [6.07, 6.45) is 3.93.